The van der Waals surface area contributed by atoms with Crippen LogP contribution < -0.4 is 19.8 Å². The molecule has 4 rings (SSSR count). The quantitative estimate of drug-likeness (QED) is 0.437. The molecule has 2 heterocycles. The minimum absolute atomic E-state index is 0.215. The molecular formula is C25H23BrClN3O3S. The highest BCUT2D eigenvalue weighted by molar-refractivity contribution is 9.10. The van der Waals surface area contributed by atoms with Crippen molar-refractivity contribution in [1.29, 1.82) is 0 Å². The molecule has 0 spiro atoms. The molecule has 176 valence electrons. The van der Waals surface area contributed by atoms with Crippen LogP contribution in [0.25, 0.3) is 6.08 Å². The Morgan fingerprint density at radius 1 is 1.29 bits per heavy atom. The molecule has 34 heavy (non-hydrogen) atoms. The van der Waals surface area contributed by atoms with Crippen molar-refractivity contribution in [1.82, 2.24) is 4.57 Å². The summed E-state index contributed by atoms with van der Waals surface area (Å²) in [5.74, 6) is -0.508. The van der Waals surface area contributed by atoms with Crippen molar-refractivity contribution in [3.05, 3.63) is 94.0 Å². The lowest BCUT2D eigenvalue weighted by Gasteiger charge is -2.25. The van der Waals surface area contributed by atoms with Crippen LogP contribution in [0.3, 0.4) is 0 Å². The number of hydrogen-bond acceptors (Lipinski definition) is 6. The van der Waals surface area contributed by atoms with Gasteiger partial charge in [0, 0.05) is 23.6 Å². The number of rotatable bonds is 5. The third kappa shape index (κ3) is 4.50. The molecular weight excluding hydrogens is 538 g/mol. The van der Waals surface area contributed by atoms with Gasteiger partial charge in [-0.15, -0.1) is 0 Å². The van der Waals surface area contributed by atoms with E-state index in [1.54, 1.807) is 24.5 Å². The van der Waals surface area contributed by atoms with Crippen molar-refractivity contribution in [3.8, 4) is 0 Å². The van der Waals surface area contributed by atoms with Gasteiger partial charge in [-0.3, -0.25) is 9.36 Å². The van der Waals surface area contributed by atoms with Gasteiger partial charge in [-0.05, 0) is 65.2 Å². The Bertz CT molecular complexity index is 1490. The molecule has 0 N–H and O–H groups in total. The molecule has 1 aliphatic heterocycles. The van der Waals surface area contributed by atoms with Gasteiger partial charge in [0.15, 0.2) is 4.80 Å². The number of carbonyl (C=O) groups excluding carboxylic acids is 1. The zero-order valence-corrected chi connectivity index (χ0v) is 22.3. The van der Waals surface area contributed by atoms with Crippen LogP contribution in [-0.4, -0.2) is 31.2 Å². The van der Waals surface area contributed by atoms with Crippen molar-refractivity contribution < 1.29 is 9.53 Å². The lowest BCUT2D eigenvalue weighted by atomic mass is 9.96. The van der Waals surface area contributed by atoms with Crippen molar-refractivity contribution in [2.75, 3.05) is 25.6 Å². The lowest BCUT2D eigenvalue weighted by Crippen LogP contribution is -2.40. The Balaban J connectivity index is 1.94. The minimum atomic E-state index is -0.728. The summed E-state index contributed by atoms with van der Waals surface area (Å²) in [6.07, 6.45) is 1.83. The first-order valence-corrected chi connectivity index (χ1v) is 12.6. The molecule has 1 unspecified atom stereocenters. The van der Waals surface area contributed by atoms with Crippen LogP contribution in [0.4, 0.5) is 5.69 Å². The maximum Gasteiger partial charge on any atom is 0.338 e. The first-order valence-electron chi connectivity index (χ1n) is 10.6. The zero-order valence-electron chi connectivity index (χ0n) is 19.1. The van der Waals surface area contributed by atoms with Crippen molar-refractivity contribution >= 4 is 56.6 Å². The van der Waals surface area contributed by atoms with Gasteiger partial charge >= 0.3 is 5.97 Å². The van der Waals surface area contributed by atoms with E-state index in [2.05, 4.69) is 20.9 Å². The summed E-state index contributed by atoms with van der Waals surface area (Å²) >= 11 is 11.4. The molecule has 0 amide bonds. The second-order valence-corrected chi connectivity index (χ2v) is 10.2. The van der Waals surface area contributed by atoms with Gasteiger partial charge in [-0.1, -0.05) is 47.2 Å². The number of carbonyl (C=O) groups is 1. The highest BCUT2D eigenvalue weighted by Gasteiger charge is 2.34. The monoisotopic (exact) mass is 559 g/mol. The average Bonchev–Trinajstić information content (AvgIpc) is 3.07. The molecule has 1 aliphatic rings. The molecule has 0 saturated heterocycles. The van der Waals surface area contributed by atoms with Crippen LogP contribution in [0.1, 0.15) is 31.0 Å². The topological polar surface area (TPSA) is 63.9 Å². The van der Waals surface area contributed by atoms with Crippen LogP contribution >= 0.6 is 38.9 Å². The third-order valence-electron chi connectivity index (χ3n) is 5.47. The van der Waals surface area contributed by atoms with Gasteiger partial charge < -0.3 is 9.64 Å². The Kier molecular flexibility index (Phi) is 7.12. The molecule has 1 atom stereocenters. The van der Waals surface area contributed by atoms with Crippen molar-refractivity contribution in [2.45, 2.75) is 19.9 Å². The highest BCUT2D eigenvalue weighted by atomic mass is 79.9. The van der Waals surface area contributed by atoms with E-state index in [9.17, 15) is 9.59 Å². The molecule has 2 aromatic carbocycles. The van der Waals surface area contributed by atoms with E-state index < -0.39 is 12.0 Å². The number of esters is 1. The molecule has 6 nitrogen and oxygen atoms in total. The van der Waals surface area contributed by atoms with E-state index in [0.29, 0.717) is 31.2 Å². The SMILES string of the molecule is CCOC(=O)C1=C(C)N=c2s/c(=C/c3ccc(N(C)C)c(Br)c3)c(=O)n2C1c1ccccc1Cl. The number of benzene rings is 2. The van der Waals surface area contributed by atoms with Crippen LogP contribution in [-0.2, 0) is 9.53 Å². The Morgan fingerprint density at radius 2 is 2.03 bits per heavy atom. The Hall–Kier alpha value is -2.68. The molecule has 9 heteroatoms. The van der Waals surface area contributed by atoms with E-state index in [1.165, 1.54) is 11.3 Å². The second kappa shape index (κ2) is 9.90. The lowest BCUT2D eigenvalue weighted by molar-refractivity contribution is -0.139. The summed E-state index contributed by atoms with van der Waals surface area (Å²) < 4.78 is 8.29. The van der Waals surface area contributed by atoms with E-state index in [1.807, 2.05) is 61.5 Å². The molecule has 1 aromatic heterocycles. The van der Waals surface area contributed by atoms with Crippen LogP contribution in [0.5, 0.6) is 0 Å². The van der Waals surface area contributed by atoms with Crippen molar-refractivity contribution in [3.63, 3.8) is 0 Å². The minimum Gasteiger partial charge on any atom is -0.463 e. The van der Waals surface area contributed by atoms with Crippen molar-refractivity contribution in [2.24, 2.45) is 4.99 Å². The normalized spacial score (nSPS) is 15.7. The molecule has 0 bridgehead atoms. The molecule has 0 fully saturated rings. The first-order chi connectivity index (χ1) is 16.2. The number of thiazole rings is 1. The summed E-state index contributed by atoms with van der Waals surface area (Å²) in [4.78, 5) is 33.7. The predicted molar refractivity (Wildman–Crippen MR) is 140 cm³/mol. The number of allylic oxidation sites excluding steroid dienone is 1. The number of hydrogen-bond donors (Lipinski definition) is 0. The van der Waals surface area contributed by atoms with E-state index in [4.69, 9.17) is 16.3 Å². The number of anilines is 1. The van der Waals surface area contributed by atoms with Crippen LogP contribution in [0.15, 0.2) is 68.0 Å². The van der Waals surface area contributed by atoms with E-state index in [0.717, 1.165) is 15.7 Å². The molecule has 0 radical (unpaired) electrons. The van der Waals surface area contributed by atoms with Crippen LogP contribution in [0, 0.1) is 0 Å². The van der Waals surface area contributed by atoms with Gasteiger partial charge in [0.05, 0.1) is 28.1 Å². The highest BCUT2D eigenvalue weighted by Crippen LogP contribution is 2.34. The van der Waals surface area contributed by atoms with Crippen LogP contribution in [0.2, 0.25) is 5.02 Å². The Morgan fingerprint density at radius 3 is 2.68 bits per heavy atom. The number of fused-ring (bicyclic) bond motifs is 1. The van der Waals surface area contributed by atoms with Gasteiger partial charge in [0.2, 0.25) is 0 Å². The Labute approximate surface area is 214 Å². The predicted octanol–water partition coefficient (Wildman–Crippen LogP) is 4.28. The molecule has 3 aromatic rings. The summed E-state index contributed by atoms with van der Waals surface area (Å²) in [7, 11) is 3.94. The van der Waals surface area contributed by atoms with Gasteiger partial charge in [0.25, 0.3) is 5.56 Å². The summed E-state index contributed by atoms with van der Waals surface area (Å²) in [6.45, 7) is 3.71. The first kappa shape index (κ1) is 24.4. The summed E-state index contributed by atoms with van der Waals surface area (Å²) in [5, 5.41) is 0.460. The smallest absolute Gasteiger partial charge is 0.338 e. The molecule has 0 aliphatic carbocycles. The fraction of sp³-hybridized carbons (Fsp3) is 0.240. The van der Waals surface area contributed by atoms with Gasteiger partial charge in [-0.2, -0.15) is 0 Å². The largest absolute Gasteiger partial charge is 0.463 e. The zero-order chi connectivity index (χ0) is 24.6. The average molecular weight is 561 g/mol. The van der Waals surface area contributed by atoms with Gasteiger partial charge in [0.1, 0.15) is 6.04 Å². The van der Waals surface area contributed by atoms with Gasteiger partial charge in [-0.25, -0.2) is 9.79 Å². The number of nitrogens with zero attached hydrogens (tertiary/aromatic N) is 3. The number of ether oxygens (including phenoxy) is 1. The van der Waals surface area contributed by atoms with E-state index >= 15 is 0 Å². The maximum atomic E-state index is 13.7. The third-order valence-corrected chi connectivity index (χ3v) is 7.43. The molecule has 0 saturated carbocycles. The summed E-state index contributed by atoms with van der Waals surface area (Å²) in [5.41, 5.74) is 3.13. The fourth-order valence-corrected chi connectivity index (χ4v) is 5.95. The maximum absolute atomic E-state index is 13.7. The summed E-state index contributed by atoms with van der Waals surface area (Å²) in [6, 6.07) is 12.4. The number of aromatic nitrogens is 1. The second-order valence-electron chi connectivity index (χ2n) is 7.93. The fourth-order valence-electron chi connectivity index (χ4n) is 3.91. The number of halogens is 2. The van der Waals surface area contributed by atoms with E-state index in [-0.39, 0.29) is 12.2 Å². The standard InChI is InChI=1S/C25H23BrClN3O3S/c1-5-33-24(32)21-14(2)28-25-30(22(21)16-8-6-7-9-18(16)27)23(31)20(34-25)13-15-10-11-19(29(3)4)17(26)12-15/h6-13,22H,5H2,1-4H3/b20-13+.